The van der Waals surface area contributed by atoms with Crippen molar-refractivity contribution >= 4 is 50.2 Å². The summed E-state index contributed by atoms with van der Waals surface area (Å²) in [6.45, 7) is 10.3. The van der Waals surface area contributed by atoms with E-state index in [4.69, 9.17) is 0 Å². The summed E-state index contributed by atoms with van der Waals surface area (Å²) in [6, 6.07) is 8.75. The number of fused-ring (bicyclic) bond motifs is 2. The number of Topliss-reactive ketones (excluding diaryl/α,β-unsaturated/α-hetero) is 1. The first-order valence-corrected chi connectivity index (χ1v) is 17.1. The van der Waals surface area contributed by atoms with Gasteiger partial charge < -0.3 is 15.1 Å². The Morgan fingerprint density at radius 3 is 2.49 bits per heavy atom. The molecule has 4 aromatic rings. The highest BCUT2D eigenvalue weighted by atomic mass is 79.9. The van der Waals surface area contributed by atoms with Crippen molar-refractivity contribution in [2.75, 3.05) is 25.0 Å². The van der Waals surface area contributed by atoms with Crippen molar-refractivity contribution in [3.8, 4) is 11.1 Å². The molecule has 0 radical (unpaired) electrons. The molecule has 1 aromatic carbocycles. The molecule has 4 atom stereocenters. The number of benzene rings is 1. The molecule has 2 aliphatic heterocycles. The summed E-state index contributed by atoms with van der Waals surface area (Å²) in [5.74, 6) is 0.815. The summed E-state index contributed by atoms with van der Waals surface area (Å²) in [5.41, 5.74) is 3.36. The SMILES string of the molecule is CC(=O)c1nn(CC(=O)N2[C@H]3[C@@H](C)[C@@]3(CN3CCCCC3)C[C@H]2C(=O)Nc2nc(Br)ccc2C)c2ccc(-c3cnc(C)nc3)cc12. The highest BCUT2D eigenvalue weighted by Crippen LogP contribution is 2.64. The Labute approximate surface area is 282 Å². The Morgan fingerprint density at radius 1 is 1.02 bits per heavy atom. The van der Waals surface area contributed by atoms with E-state index in [1.807, 2.05) is 49.1 Å². The monoisotopic (exact) mass is 698 g/mol. The van der Waals surface area contributed by atoms with E-state index in [1.54, 1.807) is 17.1 Å². The molecule has 5 heterocycles. The van der Waals surface area contributed by atoms with Gasteiger partial charge in [0.1, 0.15) is 34.5 Å². The molecule has 1 saturated carbocycles. The topological polar surface area (TPSA) is 126 Å². The molecule has 3 aromatic heterocycles. The van der Waals surface area contributed by atoms with Crippen LogP contribution in [0.25, 0.3) is 22.0 Å². The van der Waals surface area contributed by atoms with Crippen molar-refractivity contribution in [3.05, 3.63) is 64.4 Å². The van der Waals surface area contributed by atoms with Crippen molar-refractivity contribution in [3.63, 3.8) is 0 Å². The first-order valence-electron chi connectivity index (χ1n) is 16.3. The van der Waals surface area contributed by atoms with Crippen LogP contribution in [-0.4, -0.2) is 83.8 Å². The Hall–Kier alpha value is -4.03. The van der Waals surface area contributed by atoms with Crippen LogP contribution in [0.15, 0.2) is 47.3 Å². The van der Waals surface area contributed by atoms with Gasteiger partial charge in [0.25, 0.3) is 0 Å². The van der Waals surface area contributed by atoms with E-state index < -0.39 is 6.04 Å². The van der Waals surface area contributed by atoms with Gasteiger partial charge in [-0.3, -0.25) is 19.1 Å². The van der Waals surface area contributed by atoms with E-state index in [0.717, 1.165) is 36.3 Å². The number of ketones is 1. The molecule has 3 fully saturated rings. The number of nitrogens with one attached hydrogen (secondary N) is 1. The molecule has 7 rings (SSSR count). The van der Waals surface area contributed by atoms with Gasteiger partial charge in [-0.05, 0) is 97.4 Å². The van der Waals surface area contributed by atoms with Crippen molar-refractivity contribution in [2.45, 2.75) is 72.0 Å². The summed E-state index contributed by atoms with van der Waals surface area (Å²) in [4.78, 5) is 58.6. The molecule has 0 spiro atoms. The molecule has 0 unspecified atom stereocenters. The maximum atomic E-state index is 14.4. The maximum absolute atomic E-state index is 14.4. The largest absolute Gasteiger partial charge is 0.325 e. The number of aromatic nitrogens is 5. The lowest BCUT2D eigenvalue weighted by Crippen LogP contribution is -2.47. The van der Waals surface area contributed by atoms with Crippen molar-refractivity contribution in [1.29, 1.82) is 0 Å². The predicted molar refractivity (Wildman–Crippen MR) is 182 cm³/mol. The number of pyridine rings is 1. The summed E-state index contributed by atoms with van der Waals surface area (Å²) in [6.07, 6.45) is 7.71. The fourth-order valence-corrected chi connectivity index (χ4v) is 8.17. The highest BCUT2D eigenvalue weighted by molar-refractivity contribution is 9.10. The summed E-state index contributed by atoms with van der Waals surface area (Å²) in [5, 5.41) is 8.33. The third kappa shape index (κ3) is 5.75. The minimum atomic E-state index is -0.643. The Morgan fingerprint density at radius 2 is 1.77 bits per heavy atom. The van der Waals surface area contributed by atoms with Gasteiger partial charge in [-0.1, -0.05) is 25.5 Å². The van der Waals surface area contributed by atoms with Crippen LogP contribution in [0.3, 0.4) is 0 Å². The normalized spacial score (nSPS) is 23.9. The number of hydrogen-bond donors (Lipinski definition) is 1. The van der Waals surface area contributed by atoms with E-state index in [2.05, 4.69) is 53.1 Å². The van der Waals surface area contributed by atoms with Crippen LogP contribution in [0.4, 0.5) is 5.82 Å². The number of piperidine rings is 2. The number of nitrogens with zero attached hydrogens (tertiary/aromatic N) is 7. The maximum Gasteiger partial charge on any atom is 0.248 e. The van der Waals surface area contributed by atoms with Crippen LogP contribution in [0, 0.1) is 25.2 Å². The minimum absolute atomic E-state index is 0.0495. The lowest BCUT2D eigenvalue weighted by Gasteiger charge is -2.31. The van der Waals surface area contributed by atoms with Gasteiger partial charge in [-0.2, -0.15) is 5.10 Å². The summed E-state index contributed by atoms with van der Waals surface area (Å²) in [7, 11) is 0. The Bertz CT molecular complexity index is 1890. The third-order valence-corrected chi connectivity index (χ3v) is 10.9. The fraction of sp³-hybridized carbons (Fsp3) is 0.457. The molecule has 2 saturated heterocycles. The number of rotatable bonds is 8. The predicted octanol–water partition coefficient (Wildman–Crippen LogP) is 5.20. The van der Waals surface area contributed by atoms with Crippen LogP contribution >= 0.6 is 15.9 Å². The van der Waals surface area contributed by atoms with Crippen LogP contribution in [0.1, 0.15) is 61.4 Å². The molecule has 12 heteroatoms. The average molecular weight is 700 g/mol. The zero-order valence-electron chi connectivity index (χ0n) is 27.2. The van der Waals surface area contributed by atoms with Crippen LogP contribution in [-0.2, 0) is 16.1 Å². The smallest absolute Gasteiger partial charge is 0.248 e. The molecular weight excluding hydrogens is 660 g/mol. The Balaban J connectivity index is 1.20. The second-order valence-corrected chi connectivity index (χ2v) is 14.2. The summed E-state index contributed by atoms with van der Waals surface area (Å²) < 4.78 is 2.23. The van der Waals surface area contributed by atoms with Crippen molar-refractivity contribution < 1.29 is 14.4 Å². The molecule has 1 N–H and O–H groups in total. The van der Waals surface area contributed by atoms with Gasteiger partial charge >= 0.3 is 0 Å². The van der Waals surface area contributed by atoms with Crippen LogP contribution < -0.4 is 5.32 Å². The second-order valence-electron chi connectivity index (χ2n) is 13.4. The lowest BCUT2D eigenvalue weighted by atomic mass is 9.94. The van der Waals surface area contributed by atoms with Crippen molar-refractivity contribution in [2.24, 2.45) is 11.3 Å². The molecule has 2 amide bonds. The summed E-state index contributed by atoms with van der Waals surface area (Å²) >= 11 is 3.41. The molecule has 244 valence electrons. The Kier molecular flexibility index (Phi) is 8.20. The highest BCUT2D eigenvalue weighted by Gasteiger charge is 2.72. The molecule has 47 heavy (non-hydrogen) atoms. The van der Waals surface area contributed by atoms with Gasteiger partial charge in [-0.15, -0.1) is 0 Å². The second kappa shape index (κ2) is 12.2. The number of carbonyl (C=O) groups is 3. The number of halogens is 1. The standard InChI is InChI=1S/C35H39BrN8O3/c1-20-8-11-29(36)39-33(20)40-34(47)28-15-35(19-42-12-6-5-7-13-42)21(2)32(35)44(28)30(46)18-43-27-10-9-24(25-16-37-23(4)38-17-25)14-26(27)31(41-43)22(3)45/h8-11,14,16-17,21,28,32H,5-7,12-13,15,18-19H2,1-4H3,(H,39,40,47)/t21-,28+,32+,35+/m1/s1. The molecular formula is C35H39BrN8O3. The van der Waals surface area contributed by atoms with Gasteiger partial charge in [0.05, 0.1) is 5.52 Å². The van der Waals surface area contributed by atoms with Gasteiger partial charge in [0.2, 0.25) is 11.8 Å². The number of likely N-dealkylation sites (tertiary alicyclic amines) is 2. The molecule has 11 nitrogen and oxygen atoms in total. The zero-order valence-corrected chi connectivity index (χ0v) is 28.7. The van der Waals surface area contributed by atoms with E-state index >= 15 is 0 Å². The first kappa shape index (κ1) is 31.6. The number of anilines is 1. The number of hydrogen-bond acceptors (Lipinski definition) is 8. The van der Waals surface area contributed by atoms with Gasteiger partial charge in [-0.25, -0.2) is 15.0 Å². The number of amides is 2. The van der Waals surface area contributed by atoms with E-state index in [1.165, 1.54) is 26.2 Å². The van der Waals surface area contributed by atoms with Gasteiger partial charge in [0, 0.05) is 48.3 Å². The average Bonchev–Trinajstić information content (AvgIpc) is 3.31. The fourth-order valence-electron chi connectivity index (χ4n) is 7.86. The number of carbonyl (C=O) groups excluding carboxylic acids is 3. The molecule has 3 aliphatic rings. The quantitative estimate of drug-likeness (QED) is 0.197. The van der Waals surface area contributed by atoms with Gasteiger partial charge in [0.15, 0.2) is 5.78 Å². The minimum Gasteiger partial charge on any atom is -0.325 e. The van der Waals surface area contributed by atoms with Crippen LogP contribution in [0.5, 0.6) is 0 Å². The van der Waals surface area contributed by atoms with E-state index in [0.29, 0.717) is 39.3 Å². The van der Waals surface area contributed by atoms with Crippen LogP contribution in [0.2, 0.25) is 0 Å². The first-order chi connectivity index (χ1) is 22.6. The molecule has 1 aliphatic carbocycles. The number of aryl methyl sites for hydroxylation is 2. The molecule has 0 bridgehead atoms. The third-order valence-electron chi connectivity index (χ3n) is 10.4. The van der Waals surface area contributed by atoms with Crippen molar-refractivity contribution in [1.82, 2.24) is 34.5 Å². The van der Waals surface area contributed by atoms with E-state index in [-0.39, 0.29) is 41.5 Å². The van der Waals surface area contributed by atoms with E-state index in [9.17, 15) is 14.4 Å². The zero-order chi connectivity index (χ0) is 33.0. The lowest BCUT2D eigenvalue weighted by molar-refractivity contribution is -0.138.